The van der Waals surface area contributed by atoms with E-state index in [2.05, 4.69) is 30.1 Å². The Kier molecular flexibility index (Phi) is 5.21. The number of hydrogen-bond acceptors (Lipinski definition) is 6. The van der Waals surface area contributed by atoms with Crippen LogP contribution in [0.15, 0.2) is 12.1 Å². The van der Waals surface area contributed by atoms with Crippen LogP contribution in [0.2, 0.25) is 0 Å². The lowest BCUT2D eigenvalue weighted by Gasteiger charge is -2.65. The first-order chi connectivity index (χ1) is 16.3. The lowest BCUT2D eigenvalue weighted by Crippen LogP contribution is -2.79. The van der Waals surface area contributed by atoms with E-state index >= 15 is 0 Å². The summed E-state index contributed by atoms with van der Waals surface area (Å²) < 4.78 is 13.3. The number of aromatic hydroxyl groups is 1. The van der Waals surface area contributed by atoms with Crippen molar-refractivity contribution in [3.63, 3.8) is 0 Å². The summed E-state index contributed by atoms with van der Waals surface area (Å²) in [5, 5.41) is 24.3. The van der Waals surface area contributed by atoms with Gasteiger partial charge in [-0.3, -0.25) is 15.0 Å². The SMILES string of the molecule is CO[C@@]12CC[C@H](N[C@@H](CC(C)C)C(=O)O)[C@@H]3Oc4c(O)ccc5c4[C@@]31CCN(CC1CC1)[C@@H]2C5. The summed E-state index contributed by atoms with van der Waals surface area (Å²) in [6.45, 7) is 6.23. The van der Waals surface area contributed by atoms with Crippen LogP contribution in [0.1, 0.15) is 63.5 Å². The fraction of sp³-hybridized carbons (Fsp3) is 0.741. The second kappa shape index (κ2) is 7.84. The van der Waals surface area contributed by atoms with Crippen molar-refractivity contribution in [2.75, 3.05) is 20.2 Å². The van der Waals surface area contributed by atoms with Crippen molar-refractivity contribution in [1.82, 2.24) is 10.2 Å². The van der Waals surface area contributed by atoms with Gasteiger partial charge in [0.05, 0.1) is 11.0 Å². The molecule has 3 aliphatic carbocycles. The number of phenols is 1. The number of ether oxygens (including phenoxy) is 2. The molecule has 3 fully saturated rings. The quantitative estimate of drug-likeness (QED) is 0.538. The van der Waals surface area contributed by atoms with Gasteiger partial charge in [-0.2, -0.15) is 0 Å². The minimum atomic E-state index is -0.811. The zero-order chi connectivity index (χ0) is 23.8. The number of aliphatic carboxylic acids is 1. The average Bonchev–Trinajstić information content (AvgIpc) is 3.54. The van der Waals surface area contributed by atoms with Gasteiger partial charge in [0, 0.05) is 31.3 Å². The van der Waals surface area contributed by atoms with Crippen LogP contribution in [0.4, 0.5) is 0 Å². The molecule has 2 heterocycles. The van der Waals surface area contributed by atoms with E-state index in [0.717, 1.165) is 50.3 Å². The topological polar surface area (TPSA) is 91.3 Å². The second-order valence-corrected chi connectivity index (χ2v) is 11.8. The molecule has 0 unspecified atom stereocenters. The number of carboxylic acids is 1. The first kappa shape index (κ1) is 22.6. The number of methoxy groups -OCH3 is 1. The molecule has 0 aromatic heterocycles. The lowest BCUT2D eigenvalue weighted by atomic mass is 9.48. The third kappa shape index (κ3) is 3.02. The Morgan fingerprint density at radius 3 is 2.76 bits per heavy atom. The van der Waals surface area contributed by atoms with Crippen LogP contribution < -0.4 is 10.1 Å². The molecule has 6 rings (SSSR count). The van der Waals surface area contributed by atoms with Crippen molar-refractivity contribution in [1.29, 1.82) is 0 Å². The highest BCUT2D eigenvalue weighted by atomic mass is 16.5. The van der Waals surface area contributed by atoms with E-state index in [1.165, 1.54) is 18.4 Å². The zero-order valence-corrected chi connectivity index (χ0v) is 20.5. The number of piperidine rings is 1. The summed E-state index contributed by atoms with van der Waals surface area (Å²) in [5.41, 5.74) is 1.60. The van der Waals surface area contributed by atoms with Crippen molar-refractivity contribution >= 4 is 5.97 Å². The Morgan fingerprint density at radius 1 is 1.29 bits per heavy atom. The van der Waals surface area contributed by atoms with Gasteiger partial charge >= 0.3 is 5.97 Å². The molecular weight excluding hydrogens is 432 g/mol. The summed E-state index contributed by atoms with van der Waals surface area (Å²) in [6.07, 6.45) is 6.42. The Balaban J connectivity index is 1.44. The number of nitrogens with one attached hydrogen (secondary N) is 1. The molecule has 186 valence electrons. The summed E-state index contributed by atoms with van der Waals surface area (Å²) in [5.74, 6) is 1.05. The van der Waals surface area contributed by atoms with Crippen molar-refractivity contribution in [2.45, 2.75) is 94.0 Å². The molecule has 0 amide bonds. The molecule has 1 aromatic rings. The summed E-state index contributed by atoms with van der Waals surface area (Å²) in [7, 11) is 1.85. The standard InChI is InChI=1S/C27H38N2O5/c1-15(2)12-19(25(31)32)28-18-8-9-27(33-3)21-13-17-6-7-20(30)23-22(17)26(27,24(18)34-23)10-11-29(21)14-16-4-5-16/h6-7,15-16,18-19,21,24,28,30H,4-5,8-14H2,1-3H3,(H,31,32)/t18-,19-,21+,24-,26-,27+/m0/s1. The highest BCUT2D eigenvalue weighted by Gasteiger charge is 2.74. The van der Waals surface area contributed by atoms with Gasteiger partial charge in [0.1, 0.15) is 12.1 Å². The minimum absolute atomic E-state index is 0.114. The zero-order valence-electron chi connectivity index (χ0n) is 20.5. The molecule has 7 heteroatoms. The van der Waals surface area contributed by atoms with Crippen LogP contribution in [0.5, 0.6) is 11.5 Å². The Bertz CT molecular complexity index is 993. The number of nitrogens with zero attached hydrogens (tertiary/aromatic N) is 1. The normalized spacial score (nSPS) is 36.8. The highest BCUT2D eigenvalue weighted by molar-refractivity contribution is 5.73. The molecule has 2 saturated carbocycles. The van der Waals surface area contributed by atoms with Crippen LogP contribution >= 0.6 is 0 Å². The lowest BCUT2D eigenvalue weighted by molar-refractivity contribution is -0.208. The van der Waals surface area contributed by atoms with Crippen LogP contribution in [0, 0.1) is 11.8 Å². The number of carbonyl (C=O) groups is 1. The maximum Gasteiger partial charge on any atom is 0.320 e. The number of hydrogen-bond donors (Lipinski definition) is 3. The maximum absolute atomic E-state index is 12.1. The van der Waals surface area contributed by atoms with Crippen LogP contribution in [-0.2, 0) is 21.4 Å². The molecule has 0 radical (unpaired) electrons. The van der Waals surface area contributed by atoms with Gasteiger partial charge in [-0.15, -0.1) is 0 Å². The number of likely N-dealkylation sites (tertiary alicyclic amines) is 1. The number of phenolic OH excluding ortho intramolecular Hbond substituents is 1. The number of carboxylic acid groups (broad SMARTS) is 1. The summed E-state index contributed by atoms with van der Waals surface area (Å²) in [6, 6.07) is 3.38. The summed E-state index contributed by atoms with van der Waals surface area (Å²) >= 11 is 0. The Hall–Kier alpha value is -1.83. The van der Waals surface area contributed by atoms with Gasteiger partial charge in [-0.1, -0.05) is 19.9 Å². The summed E-state index contributed by atoms with van der Waals surface area (Å²) in [4.78, 5) is 14.8. The molecule has 34 heavy (non-hydrogen) atoms. The van der Waals surface area contributed by atoms with Gasteiger partial charge in [0.25, 0.3) is 0 Å². The van der Waals surface area contributed by atoms with Crippen LogP contribution in [0.3, 0.4) is 0 Å². The van der Waals surface area contributed by atoms with Crippen LogP contribution in [0.25, 0.3) is 0 Å². The number of benzene rings is 1. The minimum Gasteiger partial charge on any atom is -0.504 e. The molecule has 1 aromatic carbocycles. The molecule has 2 aliphatic heterocycles. The average molecular weight is 471 g/mol. The predicted molar refractivity (Wildman–Crippen MR) is 127 cm³/mol. The molecule has 2 bridgehead atoms. The van der Waals surface area contributed by atoms with Crippen molar-refractivity contribution in [3.05, 3.63) is 23.3 Å². The largest absolute Gasteiger partial charge is 0.504 e. The van der Waals surface area contributed by atoms with Gasteiger partial charge in [0.2, 0.25) is 0 Å². The van der Waals surface area contributed by atoms with E-state index < -0.39 is 17.6 Å². The highest BCUT2D eigenvalue weighted by Crippen LogP contribution is 2.66. The van der Waals surface area contributed by atoms with Crippen LogP contribution in [-0.4, -0.2) is 71.1 Å². The molecule has 1 spiro atoms. The van der Waals surface area contributed by atoms with Gasteiger partial charge in [-0.25, -0.2) is 0 Å². The number of rotatable bonds is 8. The van der Waals surface area contributed by atoms with Gasteiger partial charge < -0.3 is 19.7 Å². The second-order valence-electron chi connectivity index (χ2n) is 11.8. The third-order valence-electron chi connectivity index (χ3n) is 9.51. The van der Waals surface area contributed by atoms with Gasteiger partial charge in [-0.05, 0) is 75.0 Å². The fourth-order valence-corrected chi connectivity index (χ4v) is 8.01. The monoisotopic (exact) mass is 470 g/mol. The smallest absolute Gasteiger partial charge is 0.320 e. The third-order valence-corrected chi connectivity index (χ3v) is 9.51. The van der Waals surface area contributed by atoms with Crippen molar-refractivity contribution in [2.24, 2.45) is 11.8 Å². The fourth-order valence-electron chi connectivity index (χ4n) is 8.01. The van der Waals surface area contributed by atoms with E-state index in [1.54, 1.807) is 6.07 Å². The van der Waals surface area contributed by atoms with E-state index in [0.29, 0.717) is 12.2 Å². The van der Waals surface area contributed by atoms with E-state index in [9.17, 15) is 15.0 Å². The molecule has 7 nitrogen and oxygen atoms in total. The first-order valence-corrected chi connectivity index (χ1v) is 13.1. The molecular formula is C27H38N2O5. The van der Waals surface area contributed by atoms with Crippen molar-refractivity contribution in [3.8, 4) is 11.5 Å². The molecule has 3 N–H and O–H groups in total. The molecule has 5 aliphatic rings. The first-order valence-electron chi connectivity index (χ1n) is 13.1. The van der Waals surface area contributed by atoms with E-state index in [1.807, 2.05) is 7.11 Å². The van der Waals surface area contributed by atoms with Gasteiger partial charge in [0.15, 0.2) is 11.5 Å². The molecule has 6 atom stereocenters. The van der Waals surface area contributed by atoms with E-state index in [4.69, 9.17) is 9.47 Å². The predicted octanol–water partition coefficient (Wildman–Crippen LogP) is 3.07. The molecule has 1 saturated heterocycles. The van der Waals surface area contributed by atoms with E-state index in [-0.39, 0.29) is 35.3 Å². The van der Waals surface area contributed by atoms with Crippen molar-refractivity contribution < 1.29 is 24.5 Å². The maximum atomic E-state index is 12.1. The Morgan fingerprint density at radius 2 is 2.09 bits per heavy atom. The Labute approximate surface area is 201 Å².